The van der Waals surface area contributed by atoms with E-state index < -0.39 is 21.6 Å². The topological polar surface area (TPSA) is 71.4 Å². The molecule has 0 spiro atoms. The van der Waals surface area contributed by atoms with E-state index in [0.717, 1.165) is 0 Å². The molecule has 0 rings (SSSR count). The molecule has 0 bridgehead atoms. The highest BCUT2D eigenvalue weighted by Gasteiger charge is 2.09. The first-order valence-electron chi connectivity index (χ1n) is 2.05. The third-order valence-corrected chi connectivity index (χ3v) is 1.74. The molecule has 0 aromatic rings. The van der Waals surface area contributed by atoms with Gasteiger partial charge in [0.2, 0.25) is 0 Å². The fraction of sp³-hybridized carbons (Fsp3) is 0.250. The van der Waals surface area contributed by atoms with Gasteiger partial charge in [-0.15, -0.1) is 0 Å². The Labute approximate surface area is 52.7 Å². The minimum Gasteiger partial charge on any atom is -0.480 e. The largest absolute Gasteiger partial charge is 0.480 e. The van der Waals surface area contributed by atoms with Crippen molar-refractivity contribution in [2.75, 3.05) is 5.75 Å². The summed E-state index contributed by atoms with van der Waals surface area (Å²) in [4.78, 5) is 9.75. The molecule has 0 saturated carbocycles. The minimum atomic E-state index is -3.55. The molecule has 0 unspecified atom stereocenters. The SMILES string of the molecule is C=CS(=O)(=O)CC(=O)O. The van der Waals surface area contributed by atoms with E-state index in [-0.39, 0.29) is 0 Å². The zero-order valence-electron chi connectivity index (χ0n) is 4.57. The van der Waals surface area contributed by atoms with E-state index in [1.165, 1.54) is 0 Å². The quantitative estimate of drug-likeness (QED) is 0.595. The van der Waals surface area contributed by atoms with E-state index in [9.17, 15) is 13.2 Å². The van der Waals surface area contributed by atoms with Gasteiger partial charge in [-0.05, 0) is 0 Å². The Morgan fingerprint density at radius 2 is 2.11 bits per heavy atom. The molecule has 0 heterocycles. The van der Waals surface area contributed by atoms with E-state index in [1.807, 2.05) is 0 Å². The van der Waals surface area contributed by atoms with Crippen molar-refractivity contribution in [1.82, 2.24) is 0 Å². The molecule has 0 aliphatic carbocycles. The predicted molar refractivity (Wildman–Crippen MR) is 31.6 cm³/mol. The number of hydrogen-bond donors (Lipinski definition) is 1. The second kappa shape index (κ2) is 2.63. The summed E-state index contributed by atoms with van der Waals surface area (Å²) in [7, 11) is -3.55. The van der Waals surface area contributed by atoms with E-state index in [2.05, 4.69) is 6.58 Å². The predicted octanol–water partition coefficient (Wildman–Crippen LogP) is -0.371. The molecule has 0 amide bonds. The summed E-state index contributed by atoms with van der Waals surface area (Å²) < 4.78 is 20.6. The van der Waals surface area contributed by atoms with Gasteiger partial charge < -0.3 is 5.11 Å². The van der Waals surface area contributed by atoms with Crippen LogP contribution < -0.4 is 0 Å². The maximum Gasteiger partial charge on any atom is 0.319 e. The monoisotopic (exact) mass is 150 g/mol. The third-order valence-electron chi connectivity index (χ3n) is 0.579. The van der Waals surface area contributed by atoms with Crippen LogP contribution in [0, 0.1) is 0 Å². The Morgan fingerprint density at radius 1 is 1.67 bits per heavy atom. The third kappa shape index (κ3) is 3.72. The molecular weight excluding hydrogens is 144 g/mol. The van der Waals surface area contributed by atoms with Crippen molar-refractivity contribution in [2.45, 2.75) is 0 Å². The lowest BCUT2D eigenvalue weighted by Crippen LogP contribution is -2.11. The van der Waals surface area contributed by atoms with Gasteiger partial charge in [0, 0.05) is 5.41 Å². The molecule has 0 aliphatic rings. The minimum absolute atomic E-state index is 0.626. The zero-order chi connectivity index (χ0) is 7.49. The van der Waals surface area contributed by atoms with Gasteiger partial charge in [0.15, 0.2) is 15.6 Å². The van der Waals surface area contributed by atoms with Crippen LogP contribution in [0.3, 0.4) is 0 Å². The lowest BCUT2D eigenvalue weighted by atomic mass is 10.8. The standard InChI is InChI=1S/C4H6O4S/c1-2-9(7,8)3-4(5)6/h2H,1,3H2,(H,5,6). The summed E-state index contributed by atoms with van der Waals surface area (Å²) in [5.74, 6) is -2.24. The number of hydrogen-bond acceptors (Lipinski definition) is 3. The van der Waals surface area contributed by atoms with Crippen LogP contribution in [0.1, 0.15) is 0 Å². The van der Waals surface area contributed by atoms with Crippen molar-refractivity contribution in [2.24, 2.45) is 0 Å². The second-order valence-corrected chi connectivity index (χ2v) is 3.32. The first-order valence-corrected chi connectivity index (χ1v) is 3.76. The van der Waals surface area contributed by atoms with Crippen LogP contribution in [-0.2, 0) is 14.6 Å². The van der Waals surface area contributed by atoms with Crippen molar-refractivity contribution in [3.8, 4) is 0 Å². The van der Waals surface area contributed by atoms with Crippen molar-refractivity contribution in [3.05, 3.63) is 12.0 Å². The molecular formula is C4H6O4S. The van der Waals surface area contributed by atoms with Gasteiger partial charge in [0.25, 0.3) is 0 Å². The molecule has 52 valence electrons. The van der Waals surface area contributed by atoms with Gasteiger partial charge in [0.05, 0.1) is 0 Å². The first-order chi connectivity index (χ1) is 3.98. The molecule has 1 N–H and O–H groups in total. The van der Waals surface area contributed by atoms with Crippen LogP contribution >= 0.6 is 0 Å². The smallest absolute Gasteiger partial charge is 0.319 e. The molecule has 0 aromatic carbocycles. The van der Waals surface area contributed by atoms with Crippen molar-refractivity contribution >= 4 is 15.8 Å². The summed E-state index contributed by atoms with van der Waals surface area (Å²) in [6.45, 7) is 2.93. The van der Waals surface area contributed by atoms with Crippen LogP contribution in [0.25, 0.3) is 0 Å². The van der Waals surface area contributed by atoms with Crippen LogP contribution in [0.4, 0.5) is 0 Å². The molecule has 4 nitrogen and oxygen atoms in total. The Kier molecular flexibility index (Phi) is 2.39. The maximum absolute atomic E-state index is 10.3. The van der Waals surface area contributed by atoms with Gasteiger partial charge in [-0.2, -0.15) is 0 Å². The fourth-order valence-corrected chi connectivity index (χ4v) is 0.693. The highest BCUT2D eigenvalue weighted by Crippen LogP contribution is 1.88. The highest BCUT2D eigenvalue weighted by atomic mass is 32.2. The van der Waals surface area contributed by atoms with E-state index in [4.69, 9.17) is 5.11 Å². The number of carboxylic acid groups (broad SMARTS) is 1. The van der Waals surface area contributed by atoms with Crippen LogP contribution in [0.15, 0.2) is 12.0 Å². The van der Waals surface area contributed by atoms with Crippen molar-refractivity contribution in [3.63, 3.8) is 0 Å². The van der Waals surface area contributed by atoms with E-state index in [0.29, 0.717) is 5.41 Å². The molecule has 0 fully saturated rings. The molecule has 0 saturated heterocycles. The Balaban J connectivity index is 4.23. The number of carboxylic acids is 1. The van der Waals surface area contributed by atoms with Crippen LogP contribution in [-0.4, -0.2) is 25.2 Å². The summed E-state index contributed by atoms with van der Waals surface area (Å²) in [5, 5.41) is 8.58. The maximum atomic E-state index is 10.3. The summed E-state index contributed by atoms with van der Waals surface area (Å²) >= 11 is 0. The first kappa shape index (κ1) is 8.16. The van der Waals surface area contributed by atoms with Crippen molar-refractivity contribution < 1.29 is 18.3 Å². The van der Waals surface area contributed by atoms with Gasteiger partial charge in [-0.3, -0.25) is 4.79 Å². The second-order valence-electron chi connectivity index (χ2n) is 1.37. The number of rotatable bonds is 3. The van der Waals surface area contributed by atoms with E-state index in [1.54, 1.807) is 0 Å². The molecule has 0 radical (unpaired) electrons. The highest BCUT2D eigenvalue weighted by molar-refractivity contribution is 7.94. The van der Waals surface area contributed by atoms with Gasteiger partial charge in [-0.25, -0.2) is 8.42 Å². The number of aliphatic carboxylic acids is 1. The van der Waals surface area contributed by atoms with Crippen LogP contribution in [0.2, 0.25) is 0 Å². The van der Waals surface area contributed by atoms with Crippen LogP contribution in [0.5, 0.6) is 0 Å². The molecule has 5 heteroatoms. The molecule has 0 aromatic heterocycles. The lowest BCUT2D eigenvalue weighted by molar-refractivity contribution is -0.134. The van der Waals surface area contributed by atoms with Crippen molar-refractivity contribution in [1.29, 1.82) is 0 Å². The number of sulfone groups is 1. The average Bonchev–Trinajstić information content (AvgIpc) is 1.63. The Bertz CT molecular complexity index is 213. The van der Waals surface area contributed by atoms with Gasteiger partial charge in [0.1, 0.15) is 0 Å². The number of carbonyl (C=O) groups is 1. The molecule has 9 heavy (non-hydrogen) atoms. The summed E-state index contributed by atoms with van der Waals surface area (Å²) in [6.07, 6.45) is 0. The Hall–Kier alpha value is -0.840. The van der Waals surface area contributed by atoms with Gasteiger partial charge >= 0.3 is 5.97 Å². The normalized spacial score (nSPS) is 10.7. The van der Waals surface area contributed by atoms with Gasteiger partial charge in [-0.1, -0.05) is 6.58 Å². The molecule has 0 aliphatic heterocycles. The lowest BCUT2D eigenvalue weighted by Gasteiger charge is -1.88. The molecule has 0 atom stereocenters. The average molecular weight is 150 g/mol. The fourth-order valence-electron chi connectivity index (χ4n) is 0.231. The Morgan fingerprint density at radius 3 is 2.22 bits per heavy atom. The summed E-state index contributed by atoms with van der Waals surface area (Å²) in [5.41, 5.74) is 0. The zero-order valence-corrected chi connectivity index (χ0v) is 5.39. The summed E-state index contributed by atoms with van der Waals surface area (Å²) in [6, 6.07) is 0. The van der Waals surface area contributed by atoms with E-state index >= 15 is 0 Å².